The smallest absolute Gasteiger partial charge is 0.419 e. The molecule has 2 amide bonds. The molecule has 0 spiro atoms. The number of carbonyl (C=O) groups is 3. The number of alkyl halides is 3. The lowest BCUT2D eigenvalue weighted by Crippen LogP contribution is -2.48. The summed E-state index contributed by atoms with van der Waals surface area (Å²) in [5, 5.41) is 15.0. The predicted molar refractivity (Wildman–Crippen MR) is 163 cm³/mol. The number of carboxylic acid groups (broad SMARTS) is 1. The average molecular weight is 677 g/mol. The van der Waals surface area contributed by atoms with Gasteiger partial charge in [-0.25, -0.2) is 8.78 Å². The predicted octanol–water partition coefficient (Wildman–Crippen LogP) is 7.13. The number of carboxylic acids is 1. The molecule has 2 aromatic rings. The number of ether oxygens (including phenoxy) is 2. The van der Waals surface area contributed by atoms with Gasteiger partial charge in [0.15, 0.2) is 11.6 Å². The summed E-state index contributed by atoms with van der Waals surface area (Å²) in [6, 6.07) is 3.79. The Kier molecular flexibility index (Phi) is 8.93. The topological polar surface area (TPSA) is 114 Å². The van der Waals surface area contributed by atoms with Crippen LogP contribution in [0.25, 0.3) is 0 Å². The van der Waals surface area contributed by atoms with Gasteiger partial charge in [0.2, 0.25) is 5.91 Å². The fourth-order valence-electron chi connectivity index (χ4n) is 7.55. The standard InChI is InChI=1S/C35H37F5N2O6/c1-34(33(45)46)11-9-19(10-12-34)48-28-15-23(27(47-2)16-26(28)37)31(43)42-30-21-7-6-20(22(21)13-17-3-4-17)29(30)32(44)41-18-5-8-25(36)24(14-18)35(38,39)40/h5,8,13-17,19-21,29-30H,3-4,6-7,9-12H2,1-2H3,(H,41,44)(H,42,43)(H,45,46)/b22-13-/t19?,20-,21+,29-,30+,34?/m0/s1. The SMILES string of the molecule is COc1cc(F)c(OC2CCC(C)(C(=O)O)CC2)cc1C(=O)N[C@H]1[C@@H](C(=O)Nc2ccc(F)c(C(F)(F)F)c2)[C@H]2CC[C@@H]1/C2=C\C1CC1. The number of hydrogen-bond acceptors (Lipinski definition) is 5. The monoisotopic (exact) mass is 676 g/mol. The second-order valence-corrected chi connectivity index (χ2v) is 13.7. The van der Waals surface area contributed by atoms with Crippen molar-refractivity contribution in [3.05, 3.63) is 64.7 Å². The number of hydrogen-bond donors (Lipinski definition) is 3. The first kappa shape index (κ1) is 33.7. The van der Waals surface area contributed by atoms with Crippen LogP contribution >= 0.6 is 0 Å². The third-order valence-corrected chi connectivity index (χ3v) is 10.4. The minimum Gasteiger partial charge on any atom is -0.496 e. The molecule has 0 saturated heterocycles. The van der Waals surface area contributed by atoms with Gasteiger partial charge in [0.05, 0.1) is 35.7 Å². The first-order valence-electron chi connectivity index (χ1n) is 16.2. The zero-order valence-electron chi connectivity index (χ0n) is 26.5. The van der Waals surface area contributed by atoms with Crippen molar-refractivity contribution in [3.63, 3.8) is 0 Å². The molecule has 2 bridgehead atoms. The highest BCUT2D eigenvalue weighted by Crippen LogP contribution is 2.54. The summed E-state index contributed by atoms with van der Waals surface area (Å²) in [7, 11) is 1.28. The lowest BCUT2D eigenvalue weighted by Gasteiger charge is -2.34. The normalized spacial score (nSPS) is 29.1. The van der Waals surface area contributed by atoms with Crippen molar-refractivity contribution in [1.82, 2.24) is 5.32 Å². The molecule has 6 rings (SSSR count). The molecule has 0 aliphatic heterocycles. The van der Waals surface area contributed by atoms with Crippen LogP contribution in [0.5, 0.6) is 11.5 Å². The Balaban J connectivity index is 1.24. The van der Waals surface area contributed by atoms with Crippen LogP contribution in [0.3, 0.4) is 0 Å². The van der Waals surface area contributed by atoms with Crippen LogP contribution in [-0.4, -0.2) is 42.1 Å². The van der Waals surface area contributed by atoms with Crippen molar-refractivity contribution in [2.45, 2.75) is 76.6 Å². The Morgan fingerprint density at radius 2 is 1.62 bits per heavy atom. The summed E-state index contributed by atoms with van der Waals surface area (Å²) in [4.78, 5) is 39.3. The Hall–Kier alpha value is -4.16. The van der Waals surface area contributed by atoms with E-state index in [1.807, 2.05) is 0 Å². The van der Waals surface area contributed by atoms with E-state index in [0.29, 0.717) is 56.6 Å². The fraction of sp³-hybridized carbons (Fsp3) is 0.514. The van der Waals surface area contributed by atoms with Gasteiger partial charge in [-0.1, -0.05) is 11.6 Å². The highest BCUT2D eigenvalue weighted by molar-refractivity contribution is 5.99. The molecule has 4 atom stereocenters. The lowest BCUT2D eigenvalue weighted by atomic mass is 9.75. The number of amides is 2. The summed E-state index contributed by atoms with van der Waals surface area (Å²) in [5.74, 6) is -5.54. The molecule has 0 aromatic heterocycles. The second kappa shape index (κ2) is 12.7. The lowest BCUT2D eigenvalue weighted by molar-refractivity contribution is -0.150. The summed E-state index contributed by atoms with van der Waals surface area (Å²) < 4.78 is 80.4. The Bertz CT molecular complexity index is 1650. The summed E-state index contributed by atoms with van der Waals surface area (Å²) in [6.07, 6.45) is 1.56. The third kappa shape index (κ3) is 6.60. The van der Waals surface area contributed by atoms with Crippen LogP contribution < -0.4 is 20.1 Å². The van der Waals surface area contributed by atoms with E-state index in [1.54, 1.807) is 6.92 Å². The molecule has 2 aromatic carbocycles. The number of aliphatic carboxylic acids is 1. The quantitative estimate of drug-likeness (QED) is 0.192. The van der Waals surface area contributed by atoms with Gasteiger partial charge >= 0.3 is 12.1 Å². The van der Waals surface area contributed by atoms with Crippen molar-refractivity contribution in [3.8, 4) is 11.5 Å². The van der Waals surface area contributed by atoms with Crippen molar-refractivity contribution in [1.29, 1.82) is 0 Å². The van der Waals surface area contributed by atoms with Gasteiger partial charge in [-0.15, -0.1) is 0 Å². The molecule has 13 heteroatoms. The van der Waals surface area contributed by atoms with Crippen molar-refractivity contribution in [2.24, 2.45) is 29.1 Å². The Morgan fingerprint density at radius 3 is 2.25 bits per heavy atom. The minimum atomic E-state index is -4.96. The van der Waals surface area contributed by atoms with E-state index < -0.39 is 64.6 Å². The van der Waals surface area contributed by atoms with E-state index in [1.165, 1.54) is 13.2 Å². The van der Waals surface area contributed by atoms with Crippen LogP contribution in [0.2, 0.25) is 0 Å². The number of rotatable bonds is 9. The number of methoxy groups -OCH3 is 1. The molecule has 3 N–H and O–H groups in total. The second-order valence-electron chi connectivity index (χ2n) is 13.7. The van der Waals surface area contributed by atoms with Gasteiger partial charge in [0.1, 0.15) is 11.6 Å². The molecule has 0 heterocycles. The molecule has 4 aliphatic carbocycles. The first-order valence-corrected chi connectivity index (χ1v) is 16.2. The maximum Gasteiger partial charge on any atom is 0.419 e. The van der Waals surface area contributed by atoms with Crippen LogP contribution in [0.15, 0.2) is 42.0 Å². The van der Waals surface area contributed by atoms with Gasteiger partial charge in [0, 0.05) is 23.7 Å². The Morgan fingerprint density at radius 1 is 0.938 bits per heavy atom. The summed E-state index contributed by atoms with van der Waals surface area (Å²) >= 11 is 0. The number of halogens is 5. The molecule has 4 fully saturated rings. The van der Waals surface area contributed by atoms with Gasteiger partial charge in [-0.3, -0.25) is 14.4 Å². The molecule has 4 saturated carbocycles. The molecular weight excluding hydrogens is 639 g/mol. The van der Waals surface area contributed by atoms with Gasteiger partial charge in [-0.05, 0) is 94.4 Å². The number of carbonyl (C=O) groups excluding carboxylic acids is 2. The van der Waals surface area contributed by atoms with E-state index in [0.717, 1.165) is 30.5 Å². The van der Waals surface area contributed by atoms with Gasteiger partial charge < -0.3 is 25.2 Å². The van der Waals surface area contributed by atoms with Crippen LogP contribution in [0.1, 0.15) is 74.2 Å². The number of allylic oxidation sites excluding steroid dienone is 1. The highest BCUT2D eigenvalue weighted by atomic mass is 19.4. The molecule has 0 radical (unpaired) electrons. The maximum atomic E-state index is 15.1. The fourth-order valence-corrected chi connectivity index (χ4v) is 7.55. The summed E-state index contributed by atoms with van der Waals surface area (Å²) in [6.45, 7) is 1.66. The number of fused-ring (bicyclic) bond motifs is 2. The molecule has 48 heavy (non-hydrogen) atoms. The summed E-state index contributed by atoms with van der Waals surface area (Å²) in [5.41, 5.74) is -1.61. The zero-order chi connectivity index (χ0) is 34.5. The van der Waals surface area contributed by atoms with E-state index in [9.17, 15) is 37.1 Å². The largest absolute Gasteiger partial charge is 0.496 e. The third-order valence-electron chi connectivity index (χ3n) is 10.4. The number of anilines is 1. The van der Waals surface area contributed by atoms with Crippen LogP contribution in [-0.2, 0) is 15.8 Å². The van der Waals surface area contributed by atoms with Crippen molar-refractivity contribution < 1.29 is 50.9 Å². The van der Waals surface area contributed by atoms with E-state index >= 15 is 4.39 Å². The van der Waals surface area contributed by atoms with E-state index in [-0.39, 0.29) is 34.6 Å². The van der Waals surface area contributed by atoms with E-state index in [4.69, 9.17) is 9.47 Å². The van der Waals surface area contributed by atoms with Crippen molar-refractivity contribution >= 4 is 23.5 Å². The van der Waals surface area contributed by atoms with Crippen molar-refractivity contribution in [2.75, 3.05) is 12.4 Å². The van der Waals surface area contributed by atoms with E-state index in [2.05, 4.69) is 16.7 Å². The average Bonchev–Trinajstić information content (AvgIpc) is 3.71. The van der Waals surface area contributed by atoms with Crippen LogP contribution in [0, 0.1) is 40.7 Å². The van der Waals surface area contributed by atoms with Gasteiger partial charge in [0.25, 0.3) is 5.91 Å². The molecule has 8 nitrogen and oxygen atoms in total. The van der Waals surface area contributed by atoms with Crippen LogP contribution in [0.4, 0.5) is 27.6 Å². The molecular formula is C35H37F5N2O6. The zero-order valence-corrected chi connectivity index (χ0v) is 26.5. The molecule has 4 aliphatic rings. The number of nitrogens with one attached hydrogen (secondary N) is 2. The molecule has 258 valence electrons. The minimum absolute atomic E-state index is 0.0388. The first-order chi connectivity index (χ1) is 22.7. The Labute approximate surface area is 274 Å². The maximum absolute atomic E-state index is 15.1. The van der Waals surface area contributed by atoms with Gasteiger partial charge in [-0.2, -0.15) is 13.2 Å². The molecule has 0 unspecified atom stereocenters. The number of benzene rings is 2. The highest BCUT2D eigenvalue weighted by Gasteiger charge is 2.55.